The van der Waals surface area contributed by atoms with Gasteiger partial charge in [0.2, 0.25) is 23.6 Å². The Labute approximate surface area is 580 Å². The summed E-state index contributed by atoms with van der Waals surface area (Å²) in [5, 5.41) is 19.8. The highest BCUT2D eigenvalue weighted by Crippen LogP contribution is 2.31. The van der Waals surface area contributed by atoms with Crippen molar-refractivity contribution in [1.82, 2.24) is 21.3 Å². The Morgan fingerprint density at radius 1 is 0.415 bits per heavy atom. The highest BCUT2D eigenvalue weighted by Gasteiger charge is 2.52. The number of esters is 1. The van der Waals surface area contributed by atoms with E-state index in [9.17, 15) is 52.7 Å². The summed E-state index contributed by atoms with van der Waals surface area (Å²) in [4.78, 5) is 131. The van der Waals surface area contributed by atoms with Gasteiger partial charge in [-0.25, -0.2) is 4.79 Å². The van der Waals surface area contributed by atoms with E-state index in [0.717, 1.165) is 25.7 Å². The number of hydrogen-bond donors (Lipinski definition) is 5. The number of carboxylic acid groups (broad SMARTS) is 1. The lowest BCUT2D eigenvalue weighted by Crippen LogP contribution is -2.35. The van der Waals surface area contributed by atoms with Crippen LogP contribution in [0, 0.1) is 82.7 Å². The maximum Gasteiger partial charge on any atom is 0.338 e. The van der Waals surface area contributed by atoms with E-state index in [0.29, 0.717) is 87.9 Å². The number of nitrogens with one attached hydrogen (secondary N) is 4. The van der Waals surface area contributed by atoms with Crippen molar-refractivity contribution in [2.75, 3.05) is 32.8 Å². The van der Waals surface area contributed by atoms with Gasteiger partial charge in [-0.2, -0.15) is 0 Å². The Balaban J connectivity index is -0.00000123. The third kappa shape index (κ3) is 44.7. The number of carboxylic acids is 1. The molecule has 20 heteroatoms. The molecule has 0 aliphatic carbocycles. The lowest BCUT2D eigenvalue weighted by Gasteiger charge is -2.18. The highest BCUT2D eigenvalue weighted by molar-refractivity contribution is 5.99. The molecule has 0 radical (unpaired) electrons. The minimum Gasteiger partial charge on any atom is -0.481 e. The first-order valence-electron chi connectivity index (χ1n) is 38.2. The molecule has 20 nitrogen and oxygen atoms in total. The zero-order valence-electron chi connectivity index (χ0n) is 69.2. The third-order valence-electron chi connectivity index (χ3n) is 14.7. The molecule has 0 aromatic heterocycles. The maximum atomic E-state index is 12.5. The summed E-state index contributed by atoms with van der Waals surface area (Å²) in [6, 6.07) is 0. The Bertz CT molecular complexity index is 2640. The fourth-order valence-corrected chi connectivity index (χ4v) is 9.37. The number of ketones is 5. The quantitative estimate of drug-likeness (QED) is 0.0280. The molecule has 0 spiro atoms. The van der Waals surface area contributed by atoms with Crippen molar-refractivity contribution in [3.63, 3.8) is 0 Å². The van der Waals surface area contributed by atoms with E-state index in [1.165, 1.54) is 20.8 Å². The van der Waals surface area contributed by atoms with Gasteiger partial charge in [0, 0.05) is 80.0 Å². The molecule has 0 saturated carbocycles. The van der Waals surface area contributed by atoms with Gasteiger partial charge in [-0.05, 0) is 145 Å². The number of ether oxygens (including phenoxy) is 4. The Kier molecular flexibility index (Phi) is 41.9. The van der Waals surface area contributed by atoms with Crippen molar-refractivity contribution >= 4 is 64.5 Å². The molecule has 5 N–H and O–H groups in total. The highest BCUT2D eigenvalue weighted by atomic mass is 16.6. The van der Waals surface area contributed by atoms with Crippen LogP contribution in [0.1, 0.15) is 267 Å². The van der Waals surface area contributed by atoms with Gasteiger partial charge in [0.25, 0.3) is 0 Å². The zero-order valence-corrected chi connectivity index (χ0v) is 61.2. The topological polar surface area (TPSA) is 303 Å². The van der Waals surface area contributed by atoms with Crippen LogP contribution < -0.4 is 21.3 Å². The van der Waals surface area contributed by atoms with Crippen LogP contribution >= 0.6 is 0 Å². The fourth-order valence-electron chi connectivity index (χ4n) is 9.37. The Morgan fingerprint density at radius 3 is 0.989 bits per heavy atom. The Hall–Kier alpha value is -4.95. The van der Waals surface area contributed by atoms with E-state index in [2.05, 4.69) is 76.7 Å². The molecule has 12 atom stereocenters. The lowest BCUT2D eigenvalue weighted by molar-refractivity contribution is -0.145. The van der Waals surface area contributed by atoms with Crippen molar-refractivity contribution < 1.29 is 87.8 Å². The monoisotopic (exact) mass is 1350 g/mol. The second-order valence-electron chi connectivity index (χ2n) is 28.2. The van der Waals surface area contributed by atoms with Crippen molar-refractivity contribution in [3.8, 4) is 0 Å². The van der Waals surface area contributed by atoms with Crippen LogP contribution in [0.25, 0.3) is 0 Å². The summed E-state index contributed by atoms with van der Waals surface area (Å²) in [6.07, 6.45) is 0.0990. The lowest BCUT2D eigenvalue weighted by atomic mass is 9.90. The molecule has 548 valence electrons. The van der Waals surface area contributed by atoms with Crippen LogP contribution in [0.3, 0.4) is 0 Å². The third-order valence-corrected chi connectivity index (χ3v) is 14.7. The molecule has 0 bridgehead atoms. The zero-order chi connectivity index (χ0) is 79.1. The summed E-state index contributed by atoms with van der Waals surface area (Å²) in [6.45, 7) is 41.1. The maximum absolute atomic E-state index is 12.5. The first-order chi connectivity index (χ1) is 46.2. The van der Waals surface area contributed by atoms with E-state index in [1.807, 2.05) is 62.3 Å². The number of amides is 4. The summed E-state index contributed by atoms with van der Waals surface area (Å²) in [5.74, 6) is -9.92. The van der Waals surface area contributed by atoms with E-state index in [4.69, 9.17) is 35.0 Å². The summed E-state index contributed by atoms with van der Waals surface area (Å²) >= 11 is 0. The van der Waals surface area contributed by atoms with Crippen LogP contribution in [0.2, 0.25) is 0 Å². The van der Waals surface area contributed by atoms with Gasteiger partial charge < -0.3 is 45.3 Å². The van der Waals surface area contributed by atoms with E-state index in [1.54, 1.807) is 13.8 Å². The molecule has 3 saturated heterocycles. The normalized spacial score (nSPS) is 22.4. The SMILES string of the molecule is C.[2H]C([2H])([2H])C([2H])(C)C[C@H](CC(=O)[C@H]1O[C@@H]1C(C)=O)C(=O)NCCC(C)C.[2H][C@@](CC(=O)[C@H]1O[C@@H]1C(=O)OCC)(CC(C)C)C(=O)NCCC(C)C.[2H][C@@](CC(=O)[C@H]1O[C@@H]1C(C)=O)(CC(C)C)C(=O)NCCC(C)C.[2H][C@@](CC)(CC(C)C)C(=O)NCCC(C)C.[2H][C@@](CC)(CC(C)C)C(=O)O. The van der Waals surface area contributed by atoms with Crippen LogP contribution in [-0.2, 0) is 71.7 Å². The standard InChI is InChI=1S/C18H31NO5.2C17H29NO4.C13H27NO.C8H16O2.CH4/c1-6-23-18(22)16-15(24-16)14(20)10-13(9-12(4)5)17(21)19-8-7-11(2)3;2*1-10(2)6-7-18-17(21)13(8-11(3)4)9-14(20)16-15(22-16)12(5)19;1-6-12(9-11(4)5)13(15)14-8-7-10(2)3;1-4-7(8(9)10)5-6(2)3;/h11-13,15-16H,6-10H2,1-5H3,(H,19,21);2*10-11,13,15-16H,6-9H2,1-5H3,(H,18,21);10-12H,6-9H2,1-5H3,(H,14,15);6-7H,4-5H2,1-3H3,(H,9,10);1H4/t13-,15+,16-;13-,15+,16+;13-,15-,16-;12-;7-;/m00111./s1/i2*13D;3D3,11D;12D;7D;/t2m;11?,13-,15-,16-;2m;. The first kappa shape index (κ1) is 78.1. The second kappa shape index (κ2) is 50.4. The first-order valence-corrected chi connectivity index (χ1v) is 34.2. The average molecular weight is 1350 g/mol. The summed E-state index contributed by atoms with van der Waals surface area (Å²) in [7, 11) is 0. The second-order valence-corrected chi connectivity index (χ2v) is 28.2. The summed E-state index contributed by atoms with van der Waals surface area (Å²) < 4.78 is 83.4. The molecule has 94 heavy (non-hydrogen) atoms. The van der Waals surface area contributed by atoms with Crippen LogP contribution in [-0.4, -0.2) is 139 Å². The average Bonchev–Trinajstić information content (AvgIpc) is 1.63. The van der Waals surface area contributed by atoms with Gasteiger partial charge in [-0.15, -0.1) is 0 Å². The largest absolute Gasteiger partial charge is 0.481 e. The molecular formula is C74H136N4O16. The van der Waals surface area contributed by atoms with Gasteiger partial charge >= 0.3 is 11.9 Å². The molecule has 0 aromatic carbocycles. The molecule has 4 amide bonds. The number of Topliss-reactive ketones (excluding diaryl/α,β-unsaturated/α-hetero) is 5. The molecular weight excluding hydrogens is 1200 g/mol. The number of epoxide rings is 3. The van der Waals surface area contributed by atoms with Crippen molar-refractivity contribution in [3.05, 3.63) is 0 Å². The number of aliphatic carboxylic acids is 1. The molecule has 1 unspecified atom stereocenters. The van der Waals surface area contributed by atoms with Crippen molar-refractivity contribution in [2.24, 2.45) is 82.7 Å². The Morgan fingerprint density at radius 2 is 0.713 bits per heavy atom. The minimum absolute atomic E-state index is 0. The van der Waals surface area contributed by atoms with E-state index >= 15 is 0 Å². The predicted molar refractivity (Wildman–Crippen MR) is 372 cm³/mol. The van der Waals surface area contributed by atoms with Crippen LogP contribution in [0.15, 0.2) is 0 Å². The molecule has 3 rings (SSSR count). The van der Waals surface area contributed by atoms with E-state index < -0.39 is 120 Å². The van der Waals surface area contributed by atoms with Gasteiger partial charge in [-0.3, -0.25) is 47.9 Å². The smallest absolute Gasteiger partial charge is 0.338 e. The molecule has 3 aliphatic heterocycles. The molecule has 3 aliphatic rings. The number of rotatable bonds is 42. The van der Waals surface area contributed by atoms with Crippen molar-refractivity contribution in [2.45, 2.75) is 293 Å². The number of carbonyl (C=O) groups is 11. The fraction of sp³-hybridized carbons (Fsp3) is 0.851. The molecule has 3 fully saturated rings. The molecule has 0 aromatic rings. The van der Waals surface area contributed by atoms with Crippen LogP contribution in [0.5, 0.6) is 0 Å². The summed E-state index contributed by atoms with van der Waals surface area (Å²) in [5.41, 5.74) is 0. The van der Waals surface area contributed by atoms with Gasteiger partial charge in [-0.1, -0.05) is 146 Å². The van der Waals surface area contributed by atoms with Gasteiger partial charge in [0.1, 0.15) is 24.4 Å². The minimum atomic E-state index is -2.58. The van der Waals surface area contributed by atoms with Gasteiger partial charge in [0.15, 0.2) is 41.1 Å². The predicted octanol–water partition coefficient (Wildman–Crippen LogP) is 12.4. The number of carbonyl (C=O) groups excluding carboxylic acids is 10. The van der Waals surface area contributed by atoms with Crippen molar-refractivity contribution in [1.29, 1.82) is 0 Å². The van der Waals surface area contributed by atoms with Crippen LogP contribution in [0.4, 0.5) is 0 Å². The van der Waals surface area contributed by atoms with E-state index in [-0.39, 0.29) is 87.1 Å². The molecule has 3 heterocycles. The van der Waals surface area contributed by atoms with Gasteiger partial charge in [0.05, 0.1) is 12.5 Å². The number of hydrogen-bond acceptors (Lipinski definition) is 15.